The molecule has 2 rings (SSSR count). The van der Waals surface area contributed by atoms with E-state index in [4.69, 9.17) is 17.3 Å². The van der Waals surface area contributed by atoms with E-state index >= 15 is 0 Å². The van der Waals surface area contributed by atoms with Crippen LogP contribution in [-0.4, -0.2) is 15.2 Å². The number of hydrogen-bond acceptors (Lipinski definition) is 3. The minimum Gasteiger partial charge on any atom is -0.369 e. The molecule has 0 spiro atoms. The highest BCUT2D eigenvalue weighted by Gasteiger charge is 2.10. The van der Waals surface area contributed by atoms with Crippen molar-refractivity contribution in [2.24, 2.45) is 0 Å². The molecule has 1 aromatic heterocycles. The Hall–Kier alpha value is -1.07. The number of nitrogen functional groups attached to an aromatic ring is 1. The third-order valence-electron chi connectivity index (χ3n) is 1.80. The number of nitrogens with one attached hydrogen (secondary N) is 1. The molecule has 1 aromatic carbocycles. The van der Waals surface area contributed by atoms with Crippen LogP contribution in [0.4, 0.5) is 5.95 Å². The van der Waals surface area contributed by atoms with Crippen LogP contribution < -0.4 is 5.73 Å². The Morgan fingerprint density at radius 2 is 2.29 bits per heavy atom. The van der Waals surface area contributed by atoms with Gasteiger partial charge in [0.1, 0.15) is 0 Å². The van der Waals surface area contributed by atoms with Gasteiger partial charge in [0.05, 0.1) is 16.6 Å². The lowest BCUT2D eigenvalue weighted by atomic mass is 10.2. The van der Waals surface area contributed by atoms with Gasteiger partial charge in [0, 0.05) is 4.47 Å². The van der Waals surface area contributed by atoms with Gasteiger partial charge in [0.15, 0.2) is 5.95 Å². The molecule has 0 aliphatic heterocycles. The van der Waals surface area contributed by atoms with E-state index in [1.54, 1.807) is 12.1 Å². The van der Waals surface area contributed by atoms with Crippen LogP contribution >= 0.6 is 27.5 Å². The zero-order valence-corrected chi connectivity index (χ0v) is 9.19. The minimum absolute atomic E-state index is 0.311. The van der Waals surface area contributed by atoms with Crippen LogP contribution in [0.5, 0.6) is 0 Å². The average Bonchev–Trinajstić information content (AvgIpc) is 2.42. The molecule has 0 saturated carbocycles. The third-order valence-corrected chi connectivity index (χ3v) is 2.66. The van der Waals surface area contributed by atoms with Gasteiger partial charge in [0.25, 0.3) is 5.24 Å². The van der Waals surface area contributed by atoms with Crippen LogP contribution in [0.25, 0.3) is 11.0 Å². The summed E-state index contributed by atoms with van der Waals surface area (Å²) in [5.74, 6) is 0.311. The van der Waals surface area contributed by atoms with Crippen LogP contribution in [0.1, 0.15) is 10.4 Å². The van der Waals surface area contributed by atoms with Crippen molar-refractivity contribution in [3.63, 3.8) is 0 Å². The Labute approximate surface area is 92.6 Å². The molecule has 0 atom stereocenters. The van der Waals surface area contributed by atoms with Crippen molar-refractivity contribution < 1.29 is 4.79 Å². The summed E-state index contributed by atoms with van der Waals surface area (Å²) in [6.45, 7) is 0. The summed E-state index contributed by atoms with van der Waals surface area (Å²) in [5.41, 5.74) is 7.23. The van der Waals surface area contributed by atoms with Gasteiger partial charge in [-0.1, -0.05) is 0 Å². The first-order valence-corrected chi connectivity index (χ1v) is 4.89. The molecule has 0 aliphatic rings. The van der Waals surface area contributed by atoms with Crippen molar-refractivity contribution in [3.05, 3.63) is 22.2 Å². The summed E-state index contributed by atoms with van der Waals surface area (Å²) in [6, 6.07) is 3.30. The smallest absolute Gasteiger partial charge is 0.253 e. The standard InChI is InChI=1S/C8H5BrClN3O/c9-4-2-6-5(12-8(11)13-6)1-3(4)7(10)14/h1-2H,(H3,11,12,13). The van der Waals surface area contributed by atoms with Gasteiger partial charge >= 0.3 is 0 Å². The predicted molar refractivity (Wildman–Crippen MR) is 58.4 cm³/mol. The molecule has 0 fully saturated rings. The van der Waals surface area contributed by atoms with E-state index in [1.807, 2.05) is 0 Å². The fourth-order valence-corrected chi connectivity index (χ4v) is 1.99. The molecule has 0 unspecified atom stereocenters. The Bertz CT molecular complexity index is 523. The molecule has 0 saturated heterocycles. The summed E-state index contributed by atoms with van der Waals surface area (Å²) in [7, 11) is 0. The fraction of sp³-hybridized carbons (Fsp3) is 0. The molecular formula is C8H5BrClN3O. The molecule has 1 heterocycles. The number of carbonyl (C=O) groups is 1. The van der Waals surface area contributed by atoms with E-state index in [1.165, 1.54) is 0 Å². The monoisotopic (exact) mass is 273 g/mol. The number of nitrogens with two attached hydrogens (primary N) is 1. The van der Waals surface area contributed by atoms with Crippen LogP contribution in [0.3, 0.4) is 0 Å². The van der Waals surface area contributed by atoms with Crippen molar-refractivity contribution in [2.75, 3.05) is 5.73 Å². The maximum Gasteiger partial charge on any atom is 0.253 e. The zero-order chi connectivity index (χ0) is 10.3. The van der Waals surface area contributed by atoms with E-state index in [2.05, 4.69) is 25.9 Å². The molecule has 6 heteroatoms. The molecule has 0 bridgehead atoms. The number of hydrogen-bond donors (Lipinski definition) is 2. The number of rotatable bonds is 1. The number of aromatic nitrogens is 2. The van der Waals surface area contributed by atoms with Crippen molar-refractivity contribution in [2.45, 2.75) is 0 Å². The maximum atomic E-state index is 11.0. The first-order valence-electron chi connectivity index (χ1n) is 3.72. The van der Waals surface area contributed by atoms with Crippen molar-refractivity contribution in [1.29, 1.82) is 0 Å². The molecular weight excluding hydrogens is 269 g/mol. The lowest BCUT2D eigenvalue weighted by Gasteiger charge is -1.97. The van der Waals surface area contributed by atoms with E-state index in [-0.39, 0.29) is 0 Å². The predicted octanol–water partition coefficient (Wildman–Crippen LogP) is 2.29. The van der Waals surface area contributed by atoms with Gasteiger partial charge in [0.2, 0.25) is 0 Å². The number of anilines is 1. The number of imidazole rings is 1. The first-order chi connectivity index (χ1) is 6.58. The lowest BCUT2D eigenvalue weighted by Crippen LogP contribution is -1.90. The van der Waals surface area contributed by atoms with Gasteiger partial charge in [-0.25, -0.2) is 4.98 Å². The van der Waals surface area contributed by atoms with Crippen LogP contribution in [0.2, 0.25) is 0 Å². The highest BCUT2D eigenvalue weighted by molar-refractivity contribution is 9.10. The summed E-state index contributed by atoms with van der Waals surface area (Å²) < 4.78 is 0.619. The summed E-state index contributed by atoms with van der Waals surface area (Å²) in [4.78, 5) is 17.8. The number of carbonyl (C=O) groups excluding carboxylic acids is 1. The Kier molecular flexibility index (Phi) is 2.20. The van der Waals surface area contributed by atoms with Crippen molar-refractivity contribution >= 4 is 49.8 Å². The number of nitrogens with zero attached hydrogens (tertiary/aromatic N) is 1. The second-order valence-corrected chi connectivity index (χ2v) is 3.94. The first kappa shape index (κ1) is 9.48. The van der Waals surface area contributed by atoms with Crippen molar-refractivity contribution in [3.8, 4) is 0 Å². The van der Waals surface area contributed by atoms with Crippen LogP contribution in [0.15, 0.2) is 16.6 Å². The van der Waals surface area contributed by atoms with Gasteiger partial charge in [-0.2, -0.15) is 0 Å². The van der Waals surface area contributed by atoms with E-state index in [0.717, 1.165) is 5.52 Å². The number of halogens is 2. The van der Waals surface area contributed by atoms with Crippen LogP contribution in [0, 0.1) is 0 Å². The molecule has 0 aliphatic carbocycles. The van der Waals surface area contributed by atoms with Crippen LogP contribution in [-0.2, 0) is 0 Å². The molecule has 0 radical (unpaired) electrons. The Morgan fingerprint density at radius 1 is 1.57 bits per heavy atom. The van der Waals surface area contributed by atoms with E-state index < -0.39 is 5.24 Å². The number of aromatic amines is 1. The van der Waals surface area contributed by atoms with E-state index in [9.17, 15) is 4.79 Å². The van der Waals surface area contributed by atoms with Crippen molar-refractivity contribution in [1.82, 2.24) is 9.97 Å². The van der Waals surface area contributed by atoms with Gasteiger partial charge in [-0.15, -0.1) is 0 Å². The molecule has 4 nitrogen and oxygen atoms in total. The molecule has 3 N–H and O–H groups in total. The molecule has 0 amide bonds. The molecule has 2 aromatic rings. The number of fused-ring (bicyclic) bond motifs is 1. The maximum absolute atomic E-state index is 11.0. The van der Waals surface area contributed by atoms with Gasteiger partial charge in [-0.05, 0) is 39.7 Å². The second kappa shape index (κ2) is 3.25. The molecule has 72 valence electrons. The Morgan fingerprint density at radius 3 is 2.93 bits per heavy atom. The molecule has 14 heavy (non-hydrogen) atoms. The topological polar surface area (TPSA) is 71.8 Å². The SMILES string of the molecule is Nc1nc2cc(C(=O)Cl)c(Br)cc2[nH]1. The number of H-pyrrole nitrogens is 1. The fourth-order valence-electron chi connectivity index (χ4n) is 1.20. The minimum atomic E-state index is -0.527. The third kappa shape index (κ3) is 1.49. The van der Waals surface area contributed by atoms with Gasteiger partial charge < -0.3 is 10.7 Å². The quantitative estimate of drug-likeness (QED) is 0.784. The normalized spacial score (nSPS) is 10.7. The second-order valence-electron chi connectivity index (χ2n) is 2.74. The largest absolute Gasteiger partial charge is 0.369 e. The van der Waals surface area contributed by atoms with E-state index in [0.29, 0.717) is 21.5 Å². The number of benzene rings is 1. The summed E-state index contributed by atoms with van der Waals surface area (Å²) >= 11 is 8.61. The highest BCUT2D eigenvalue weighted by atomic mass is 79.9. The summed E-state index contributed by atoms with van der Waals surface area (Å²) in [6.07, 6.45) is 0. The highest BCUT2D eigenvalue weighted by Crippen LogP contribution is 2.24. The lowest BCUT2D eigenvalue weighted by molar-refractivity contribution is 0.108. The summed E-state index contributed by atoms with van der Waals surface area (Å²) in [5, 5.41) is -0.527. The average molecular weight is 275 g/mol. The zero-order valence-electron chi connectivity index (χ0n) is 6.84. The van der Waals surface area contributed by atoms with Gasteiger partial charge in [-0.3, -0.25) is 4.79 Å². The Balaban J connectivity index is 2.76.